The van der Waals surface area contributed by atoms with Gasteiger partial charge < -0.3 is 9.72 Å². The van der Waals surface area contributed by atoms with Gasteiger partial charge in [0.25, 0.3) is 5.91 Å². The van der Waals surface area contributed by atoms with Crippen LogP contribution in [0.5, 0.6) is 0 Å². The van der Waals surface area contributed by atoms with Crippen LogP contribution in [0, 0.1) is 6.92 Å². The number of imidazole rings is 1. The zero-order valence-electron chi connectivity index (χ0n) is 12.1. The van der Waals surface area contributed by atoms with E-state index in [1.54, 1.807) is 28.9 Å². The van der Waals surface area contributed by atoms with E-state index in [1.165, 1.54) is 12.1 Å². The molecule has 2 heterocycles. The highest BCUT2D eigenvalue weighted by atomic mass is 19.4. The van der Waals surface area contributed by atoms with Crippen molar-refractivity contribution < 1.29 is 18.0 Å². The van der Waals surface area contributed by atoms with Crippen molar-refractivity contribution in [2.75, 3.05) is 5.32 Å². The fourth-order valence-electron chi connectivity index (χ4n) is 2.23. The summed E-state index contributed by atoms with van der Waals surface area (Å²) in [6, 6.07) is 7.76. The van der Waals surface area contributed by atoms with Crippen LogP contribution in [0.4, 0.5) is 18.9 Å². The Bertz CT molecular complexity index is 884. The minimum atomic E-state index is -4.45. The van der Waals surface area contributed by atoms with Crippen molar-refractivity contribution in [3.05, 3.63) is 65.6 Å². The highest BCUT2D eigenvalue weighted by Crippen LogP contribution is 2.30. The van der Waals surface area contributed by atoms with Crippen molar-refractivity contribution in [1.82, 2.24) is 9.38 Å². The summed E-state index contributed by atoms with van der Waals surface area (Å²) in [5, 5.41) is 2.47. The average molecular weight is 319 g/mol. The van der Waals surface area contributed by atoms with Crippen LogP contribution in [0.2, 0.25) is 0 Å². The first-order chi connectivity index (χ1) is 10.8. The normalized spacial score (nSPS) is 11.7. The largest absolute Gasteiger partial charge is 0.416 e. The maximum Gasteiger partial charge on any atom is 0.416 e. The molecule has 7 heteroatoms. The molecule has 1 amide bonds. The molecule has 118 valence electrons. The van der Waals surface area contributed by atoms with E-state index in [-0.39, 0.29) is 5.69 Å². The molecule has 1 N–H and O–H groups in total. The molecule has 0 spiro atoms. The molecule has 3 aromatic rings. The van der Waals surface area contributed by atoms with Crippen LogP contribution < -0.4 is 5.32 Å². The van der Waals surface area contributed by atoms with Gasteiger partial charge in [0.1, 0.15) is 5.65 Å². The van der Waals surface area contributed by atoms with Crippen LogP contribution in [0.1, 0.15) is 21.6 Å². The summed E-state index contributed by atoms with van der Waals surface area (Å²) < 4.78 is 39.7. The van der Waals surface area contributed by atoms with Crippen LogP contribution in [0.15, 0.2) is 48.8 Å². The minimum Gasteiger partial charge on any atom is -0.322 e. The number of nitrogens with zero attached hydrogens (tertiary/aromatic N) is 2. The van der Waals surface area contributed by atoms with E-state index in [2.05, 4.69) is 10.3 Å². The van der Waals surface area contributed by atoms with E-state index >= 15 is 0 Å². The first-order valence-corrected chi connectivity index (χ1v) is 6.77. The minimum absolute atomic E-state index is 0.0896. The first kappa shape index (κ1) is 15.1. The molecule has 1 aromatic carbocycles. The Morgan fingerprint density at radius 1 is 1.17 bits per heavy atom. The molecule has 0 aliphatic rings. The molecule has 0 radical (unpaired) electrons. The third kappa shape index (κ3) is 3.18. The number of carbonyl (C=O) groups excluding carboxylic acids is 1. The average Bonchev–Trinajstić information content (AvgIpc) is 2.85. The number of amides is 1. The number of pyridine rings is 1. The number of aryl methyl sites for hydroxylation is 1. The van der Waals surface area contributed by atoms with Gasteiger partial charge in [0.05, 0.1) is 16.8 Å². The number of anilines is 1. The topological polar surface area (TPSA) is 46.4 Å². The number of carbonyl (C=O) groups is 1. The Hall–Kier alpha value is -2.83. The SMILES string of the molecule is Cc1cn2cc(C(=O)Nc3cccc(C(F)(F)F)c3)ccc2n1. The summed E-state index contributed by atoms with van der Waals surface area (Å²) in [6.07, 6.45) is -1.11. The molecule has 0 bridgehead atoms. The maximum atomic E-state index is 12.7. The van der Waals surface area contributed by atoms with Gasteiger partial charge in [-0.05, 0) is 37.3 Å². The number of halogens is 3. The van der Waals surface area contributed by atoms with Crippen molar-refractivity contribution in [2.45, 2.75) is 13.1 Å². The van der Waals surface area contributed by atoms with Gasteiger partial charge in [-0.15, -0.1) is 0 Å². The van der Waals surface area contributed by atoms with Gasteiger partial charge in [0, 0.05) is 18.1 Å². The number of hydrogen-bond donors (Lipinski definition) is 1. The number of benzene rings is 1. The lowest BCUT2D eigenvalue weighted by Gasteiger charge is -2.10. The molecule has 0 saturated heterocycles. The third-order valence-electron chi connectivity index (χ3n) is 3.28. The molecule has 0 fully saturated rings. The second kappa shape index (κ2) is 5.42. The second-order valence-electron chi connectivity index (χ2n) is 5.10. The molecule has 0 unspecified atom stereocenters. The lowest BCUT2D eigenvalue weighted by Crippen LogP contribution is -2.13. The van der Waals surface area contributed by atoms with Crippen LogP contribution in [-0.4, -0.2) is 15.3 Å². The van der Waals surface area contributed by atoms with Gasteiger partial charge in [-0.2, -0.15) is 13.2 Å². The van der Waals surface area contributed by atoms with E-state index in [1.807, 2.05) is 6.92 Å². The predicted molar refractivity (Wildman–Crippen MR) is 79.3 cm³/mol. The Morgan fingerprint density at radius 2 is 1.96 bits per heavy atom. The predicted octanol–water partition coefficient (Wildman–Crippen LogP) is 3.91. The summed E-state index contributed by atoms with van der Waals surface area (Å²) in [7, 11) is 0. The fraction of sp³-hybridized carbons (Fsp3) is 0.125. The zero-order valence-corrected chi connectivity index (χ0v) is 12.1. The van der Waals surface area contributed by atoms with Gasteiger partial charge in [-0.25, -0.2) is 4.98 Å². The monoisotopic (exact) mass is 319 g/mol. The van der Waals surface area contributed by atoms with Crippen molar-refractivity contribution in [1.29, 1.82) is 0 Å². The molecule has 23 heavy (non-hydrogen) atoms. The number of nitrogens with one attached hydrogen (secondary N) is 1. The number of rotatable bonds is 2. The fourth-order valence-corrected chi connectivity index (χ4v) is 2.23. The Kier molecular flexibility index (Phi) is 3.55. The van der Waals surface area contributed by atoms with Gasteiger partial charge in [-0.3, -0.25) is 4.79 Å². The first-order valence-electron chi connectivity index (χ1n) is 6.77. The van der Waals surface area contributed by atoms with Crippen LogP contribution in [-0.2, 0) is 6.18 Å². The van der Waals surface area contributed by atoms with E-state index in [4.69, 9.17) is 0 Å². The number of hydrogen-bond acceptors (Lipinski definition) is 2. The Labute approximate surface area is 129 Å². The quantitative estimate of drug-likeness (QED) is 0.778. The van der Waals surface area contributed by atoms with Gasteiger partial charge >= 0.3 is 6.18 Å². The van der Waals surface area contributed by atoms with Crippen molar-refractivity contribution >= 4 is 17.2 Å². The molecular weight excluding hydrogens is 307 g/mol. The van der Waals surface area contributed by atoms with E-state index in [9.17, 15) is 18.0 Å². The molecule has 2 aromatic heterocycles. The van der Waals surface area contributed by atoms with Crippen molar-refractivity contribution in [3.63, 3.8) is 0 Å². The molecule has 0 aliphatic carbocycles. The summed E-state index contributed by atoms with van der Waals surface area (Å²) in [5.74, 6) is -0.488. The standard InChI is InChI=1S/C16H12F3N3O/c1-10-8-22-9-11(5-6-14(22)20-10)15(23)21-13-4-2-3-12(7-13)16(17,18)19/h2-9H,1H3,(H,21,23). The highest BCUT2D eigenvalue weighted by molar-refractivity contribution is 6.04. The van der Waals surface area contributed by atoms with Crippen LogP contribution in [0.3, 0.4) is 0 Å². The third-order valence-corrected chi connectivity index (χ3v) is 3.28. The highest BCUT2D eigenvalue weighted by Gasteiger charge is 2.30. The molecule has 0 atom stereocenters. The Balaban J connectivity index is 1.85. The summed E-state index contributed by atoms with van der Waals surface area (Å²) in [6.45, 7) is 1.83. The van der Waals surface area contributed by atoms with Gasteiger partial charge in [0.2, 0.25) is 0 Å². The zero-order chi connectivity index (χ0) is 16.6. The molecular formula is C16H12F3N3O. The van der Waals surface area contributed by atoms with Crippen molar-refractivity contribution in [3.8, 4) is 0 Å². The number of fused-ring (bicyclic) bond motifs is 1. The molecule has 4 nitrogen and oxygen atoms in total. The van der Waals surface area contributed by atoms with Gasteiger partial charge in [0.15, 0.2) is 0 Å². The molecule has 3 rings (SSSR count). The van der Waals surface area contributed by atoms with Crippen molar-refractivity contribution in [2.24, 2.45) is 0 Å². The van der Waals surface area contributed by atoms with Crippen LogP contribution >= 0.6 is 0 Å². The lowest BCUT2D eigenvalue weighted by atomic mass is 10.2. The van der Waals surface area contributed by atoms with E-state index in [0.717, 1.165) is 17.8 Å². The lowest BCUT2D eigenvalue weighted by molar-refractivity contribution is -0.137. The van der Waals surface area contributed by atoms with Crippen LogP contribution in [0.25, 0.3) is 5.65 Å². The maximum absolute atomic E-state index is 12.7. The molecule has 0 saturated carbocycles. The smallest absolute Gasteiger partial charge is 0.322 e. The summed E-state index contributed by atoms with van der Waals surface area (Å²) in [5.41, 5.74) is 1.11. The molecule has 0 aliphatic heterocycles. The number of aromatic nitrogens is 2. The summed E-state index contributed by atoms with van der Waals surface area (Å²) >= 11 is 0. The van der Waals surface area contributed by atoms with E-state index < -0.39 is 17.6 Å². The van der Waals surface area contributed by atoms with Gasteiger partial charge in [-0.1, -0.05) is 6.07 Å². The summed E-state index contributed by atoms with van der Waals surface area (Å²) in [4.78, 5) is 16.4. The van der Waals surface area contributed by atoms with E-state index in [0.29, 0.717) is 11.2 Å². The Morgan fingerprint density at radius 3 is 2.70 bits per heavy atom. The second-order valence-corrected chi connectivity index (χ2v) is 5.10. The number of alkyl halides is 3.